The molecule has 0 radical (unpaired) electrons. The summed E-state index contributed by atoms with van der Waals surface area (Å²) in [5.74, 6) is -0.402. The number of carbonyl (C=O) groups excluding carboxylic acids is 1. The van der Waals surface area contributed by atoms with Crippen LogP contribution < -0.4 is 15.2 Å². The molecular weight excluding hydrogens is 349 g/mol. The summed E-state index contributed by atoms with van der Waals surface area (Å²) in [5.41, 5.74) is 4.20. The van der Waals surface area contributed by atoms with Gasteiger partial charge < -0.3 is 4.74 Å². The minimum absolute atomic E-state index is 0.0659. The second-order valence-corrected chi connectivity index (χ2v) is 6.00. The van der Waals surface area contributed by atoms with Crippen LogP contribution >= 0.6 is 0 Å². The summed E-state index contributed by atoms with van der Waals surface area (Å²) in [6, 6.07) is 5.00. The van der Waals surface area contributed by atoms with E-state index in [1.54, 1.807) is 37.6 Å². The number of hydrogen-bond donors (Lipinski definition) is 1. The molecule has 9 heteroatoms. The average Bonchev–Trinajstić information content (AvgIpc) is 3.45. The zero-order valence-electron chi connectivity index (χ0n) is 14.0. The van der Waals surface area contributed by atoms with Gasteiger partial charge in [0.1, 0.15) is 0 Å². The number of rotatable bonds is 6. The molecule has 2 heterocycles. The minimum Gasteiger partial charge on any atom is -0.468 e. The number of alkyl halides is 3. The van der Waals surface area contributed by atoms with Gasteiger partial charge in [-0.3, -0.25) is 20.2 Å². The van der Waals surface area contributed by atoms with E-state index in [0.717, 1.165) is 18.5 Å². The van der Waals surface area contributed by atoms with E-state index in [-0.39, 0.29) is 17.4 Å². The van der Waals surface area contributed by atoms with Crippen LogP contribution in [0.15, 0.2) is 36.8 Å². The second-order valence-electron chi connectivity index (χ2n) is 6.00. The molecule has 0 unspecified atom stereocenters. The zero-order valence-corrected chi connectivity index (χ0v) is 14.0. The first kappa shape index (κ1) is 18.0. The van der Waals surface area contributed by atoms with Crippen molar-refractivity contribution in [3.63, 3.8) is 0 Å². The highest BCUT2D eigenvalue weighted by Crippen LogP contribution is 2.44. The fraction of sp³-hybridized carbons (Fsp3) is 0.353. The van der Waals surface area contributed by atoms with Crippen LogP contribution in [0.25, 0.3) is 0 Å². The Morgan fingerprint density at radius 2 is 2.04 bits per heavy atom. The van der Waals surface area contributed by atoms with E-state index in [4.69, 9.17) is 4.74 Å². The largest absolute Gasteiger partial charge is 0.468 e. The molecule has 1 saturated carbocycles. The molecule has 0 aromatic carbocycles. The van der Waals surface area contributed by atoms with E-state index in [0.29, 0.717) is 5.56 Å². The maximum absolute atomic E-state index is 12.4. The highest BCUT2D eigenvalue weighted by molar-refractivity contribution is 5.95. The van der Waals surface area contributed by atoms with Crippen LogP contribution in [0.5, 0.6) is 5.88 Å². The Kier molecular flexibility index (Phi) is 4.97. The van der Waals surface area contributed by atoms with Gasteiger partial charge in [0.05, 0.1) is 11.3 Å². The molecule has 0 saturated heterocycles. The van der Waals surface area contributed by atoms with Crippen LogP contribution in [0, 0.1) is 0 Å². The third-order valence-electron chi connectivity index (χ3n) is 3.85. The Labute approximate surface area is 148 Å². The summed E-state index contributed by atoms with van der Waals surface area (Å²) in [6.45, 7) is -1.41. The van der Waals surface area contributed by atoms with Crippen LogP contribution in [-0.2, 0) is 0 Å². The van der Waals surface area contributed by atoms with Crippen LogP contribution in [0.4, 0.5) is 18.9 Å². The number of hydrogen-bond acceptors (Lipinski definition) is 5. The molecule has 1 aliphatic carbocycles. The molecule has 0 spiro atoms. The molecule has 1 fully saturated rings. The summed E-state index contributed by atoms with van der Waals surface area (Å²) >= 11 is 0. The van der Waals surface area contributed by atoms with Crippen LogP contribution in [-0.4, -0.2) is 35.7 Å². The Morgan fingerprint density at radius 1 is 1.35 bits per heavy atom. The predicted octanol–water partition coefficient (Wildman–Crippen LogP) is 3.08. The summed E-state index contributed by atoms with van der Waals surface area (Å²) in [7, 11) is 1.67. The van der Waals surface area contributed by atoms with E-state index in [9.17, 15) is 18.0 Å². The number of nitrogens with zero attached hydrogens (tertiary/aromatic N) is 3. The number of hydrazine groups is 1. The topological polar surface area (TPSA) is 67.4 Å². The van der Waals surface area contributed by atoms with Crippen LogP contribution in [0.3, 0.4) is 0 Å². The maximum Gasteiger partial charge on any atom is 0.422 e. The number of amides is 1. The van der Waals surface area contributed by atoms with Gasteiger partial charge >= 0.3 is 6.18 Å². The molecule has 6 nitrogen and oxygen atoms in total. The van der Waals surface area contributed by atoms with Crippen molar-refractivity contribution < 1.29 is 22.7 Å². The van der Waals surface area contributed by atoms with Gasteiger partial charge in [0.15, 0.2) is 6.61 Å². The quantitative estimate of drug-likeness (QED) is 0.796. The Balaban J connectivity index is 1.73. The fourth-order valence-corrected chi connectivity index (χ4v) is 2.40. The van der Waals surface area contributed by atoms with Crippen molar-refractivity contribution in [2.45, 2.75) is 24.9 Å². The van der Waals surface area contributed by atoms with Crippen LogP contribution in [0.1, 0.15) is 34.7 Å². The van der Waals surface area contributed by atoms with E-state index in [1.165, 1.54) is 11.2 Å². The molecule has 2 aromatic rings. The molecule has 138 valence electrons. The smallest absolute Gasteiger partial charge is 0.422 e. The molecular formula is C17H17F3N4O2. The van der Waals surface area contributed by atoms with Gasteiger partial charge in [0.25, 0.3) is 5.91 Å². The summed E-state index contributed by atoms with van der Waals surface area (Å²) < 4.78 is 41.9. The van der Waals surface area contributed by atoms with Crippen molar-refractivity contribution in [3.05, 3.63) is 47.9 Å². The lowest BCUT2D eigenvalue weighted by Crippen LogP contribution is -2.39. The normalized spacial score (nSPS) is 14.0. The molecule has 3 rings (SSSR count). The third-order valence-corrected chi connectivity index (χ3v) is 3.85. The summed E-state index contributed by atoms with van der Waals surface area (Å²) in [4.78, 5) is 20.3. The second kappa shape index (κ2) is 7.19. The SMILES string of the molecule is CN(NC(=O)c1cnc(OCC(F)(F)F)c(C2CC2)c1)c1ccncc1. The Bertz CT molecular complexity index is 779. The van der Waals surface area contributed by atoms with Gasteiger partial charge in [-0.1, -0.05) is 0 Å². The van der Waals surface area contributed by atoms with Gasteiger partial charge in [-0.25, -0.2) is 4.98 Å². The zero-order chi connectivity index (χ0) is 18.7. The molecule has 0 bridgehead atoms. The van der Waals surface area contributed by atoms with E-state index < -0.39 is 18.7 Å². The van der Waals surface area contributed by atoms with E-state index in [2.05, 4.69) is 15.4 Å². The first-order chi connectivity index (χ1) is 12.3. The van der Waals surface area contributed by atoms with Crippen molar-refractivity contribution in [2.75, 3.05) is 18.7 Å². The van der Waals surface area contributed by atoms with E-state index in [1.807, 2.05) is 0 Å². The highest BCUT2D eigenvalue weighted by atomic mass is 19.4. The predicted molar refractivity (Wildman–Crippen MR) is 87.9 cm³/mol. The Morgan fingerprint density at radius 3 is 2.65 bits per heavy atom. The average molecular weight is 366 g/mol. The molecule has 2 aromatic heterocycles. The number of halogens is 3. The summed E-state index contributed by atoms with van der Waals surface area (Å²) in [5, 5.41) is 1.52. The van der Waals surface area contributed by atoms with Crippen molar-refractivity contribution in [1.82, 2.24) is 15.4 Å². The third kappa shape index (κ3) is 4.62. The van der Waals surface area contributed by atoms with Crippen molar-refractivity contribution in [1.29, 1.82) is 0 Å². The number of nitrogens with one attached hydrogen (secondary N) is 1. The number of aromatic nitrogens is 2. The van der Waals surface area contributed by atoms with Gasteiger partial charge in [0, 0.05) is 31.2 Å². The summed E-state index contributed by atoms with van der Waals surface area (Å²) in [6.07, 6.45) is 1.65. The number of pyridine rings is 2. The molecule has 26 heavy (non-hydrogen) atoms. The van der Waals surface area contributed by atoms with Gasteiger partial charge in [-0.2, -0.15) is 13.2 Å². The minimum atomic E-state index is -4.44. The molecule has 0 atom stereocenters. The van der Waals surface area contributed by atoms with Crippen LogP contribution in [0.2, 0.25) is 0 Å². The van der Waals surface area contributed by atoms with Gasteiger partial charge in [-0.15, -0.1) is 0 Å². The molecule has 1 aliphatic rings. The lowest BCUT2D eigenvalue weighted by Gasteiger charge is -2.20. The molecule has 1 N–H and O–H groups in total. The highest BCUT2D eigenvalue weighted by Gasteiger charge is 2.32. The maximum atomic E-state index is 12.4. The van der Waals surface area contributed by atoms with Crippen molar-refractivity contribution in [2.24, 2.45) is 0 Å². The van der Waals surface area contributed by atoms with Gasteiger partial charge in [0.2, 0.25) is 5.88 Å². The standard InChI is InChI=1S/C17H17F3N4O2/c1-24(13-4-6-21-7-5-13)23-15(25)12-8-14(11-2-3-11)16(22-9-12)26-10-17(18,19)20/h4-9,11H,2-3,10H2,1H3,(H,23,25). The number of anilines is 1. The lowest BCUT2D eigenvalue weighted by atomic mass is 10.1. The first-order valence-electron chi connectivity index (χ1n) is 7.98. The number of ether oxygens (including phenoxy) is 1. The van der Waals surface area contributed by atoms with Crippen molar-refractivity contribution >= 4 is 11.6 Å². The lowest BCUT2D eigenvalue weighted by molar-refractivity contribution is -0.154. The van der Waals surface area contributed by atoms with Gasteiger partial charge in [-0.05, 0) is 37.0 Å². The monoisotopic (exact) mass is 366 g/mol. The molecule has 1 amide bonds. The number of carbonyl (C=O) groups is 1. The fourth-order valence-electron chi connectivity index (χ4n) is 2.40. The van der Waals surface area contributed by atoms with E-state index >= 15 is 0 Å². The Hall–Kier alpha value is -2.84. The van der Waals surface area contributed by atoms with Crippen molar-refractivity contribution in [3.8, 4) is 5.88 Å². The first-order valence-corrected chi connectivity index (χ1v) is 7.98. The molecule has 0 aliphatic heterocycles.